The van der Waals surface area contributed by atoms with Gasteiger partial charge in [-0.05, 0) is 12.1 Å². The maximum absolute atomic E-state index is 12.1. The highest BCUT2D eigenvalue weighted by molar-refractivity contribution is 6.07. The third kappa shape index (κ3) is 1.46. The van der Waals surface area contributed by atoms with Crippen LogP contribution in [0.25, 0.3) is 0 Å². The van der Waals surface area contributed by atoms with Crippen LogP contribution in [0.1, 0.15) is 30.6 Å². The van der Waals surface area contributed by atoms with Gasteiger partial charge in [-0.1, -0.05) is 19.1 Å². The number of hydrogen-bond donors (Lipinski definition) is 0. The van der Waals surface area contributed by atoms with E-state index in [-0.39, 0.29) is 5.78 Å². The van der Waals surface area contributed by atoms with Gasteiger partial charge in [-0.3, -0.25) is 9.59 Å². The molecular formula is C12H12O4. The first-order valence-corrected chi connectivity index (χ1v) is 5.11. The molecule has 1 aromatic carbocycles. The molecule has 0 fully saturated rings. The van der Waals surface area contributed by atoms with Gasteiger partial charge in [0.15, 0.2) is 0 Å². The van der Waals surface area contributed by atoms with E-state index in [4.69, 9.17) is 9.47 Å². The lowest BCUT2D eigenvalue weighted by atomic mass is 10.0. The molecule has 0 aliphatic carbocycles. The maximum atomic E-state index is 12.1. The van der Waals surface area contributed by atoms with Crippen molar-refractivity contribution in [1.29, 1.82) is 0 Å². The van der Waals surface area contributed by atoms with Gasteiger partial charge in [0.2, 0.25) is 0 Å². The molecule has 1 unspecified atom stereocenters. The SMILES string of the molecule is CCC1(OC(C)=O)Oc2ccccc2C1=O. The molecule has 0 aromatic heterocycles. The lowest BCUT2D eigenvalue weighted by molar-refractivity contribution is -0.177. The second kappa shape index (κ2) is 3.63. The average molecular weight is 220 g/mol. The molecular weight excluding hydrogens is 208 g/mol. The van der Waals surface area contributed by atoms with Gasteiger partial charge in [0, 0.05) is 13.3 Å². The molecule has 84 valence electrons. The van der Waals surface area contributed by atoms with Gasteiger partial charge in [0.25, 0.3) is 5.78 Å². The molecule has 1 heterocycles. The molecule has 16 heavy (non-hydrogen) atoms. The summed E-state index contributed by atoms with van der Waals surface area (Å²) in [5.74, 6) is -1.81. The van der Waals surface area contributed by atoms with Crippen molar-refractivity contribution in [3.63, 3.8) is 0 Å². The fourth-order valence-corrected chi connectivity index (χ4v) is 1.78. The first-order chi connectivity index (χ1) is 7.59. The Labute approximate surface area is 93.2 Å². The van der Waals surface area contributed by atoms with Crippen LogP contribution < -0.4 is 4.74 Å². The second-order valence-electron chi connectivity index (χ2n) is 3.63. The zero-order valence-electron chi connectivity index (χ0n) is 9.15. The Kier molecular flexibility index (Phi) is 2.42. The Morgan fingerprint density at radius 1 is 1.44 bits per heavy atom. The highest BCUT2D eigenvalue weighted by Crippen LogP contribution is 2.37. The third-order valence-corrected chi connectivity index (χ3v) is 2.53. The summed E-state index contributed by atoms with van der Waals surface area (Å²) >= 11 is 0. The van der Waals surface area contributed by atoms with Crippen molar-refractivity contribution in [2.45, 2.75) is 26.1 Å². The number of rotatable bonds is 2. The van der Waals surface area contributed by atoms with Crippen LogP contribution in [0.3, 0.4) is 0 Å². The molecule has 0 spiro atoms. The lowest BCUT2D eigenvalue weighted by Gasteiger charge is -2.24. The van der Waals surface area contributed by atoms with Crippen LogP contribution in [0.5, 0.6) is 5.75 Å². The van der Waals surface area contributed by atoms with Crippen LogP contribution in [-0.2, 0) is 9.53 Å². The van der Waals surface area contributed by atoms with E-state index in [2.05, 4.69) is 0 Å². The van der Waals surface area contributed by atoms with E-state index in [9.17, 15) is 9.59 Å². The highest BCUT2D eigenvalue weighted by atomic mass is 16.7. The first-order valence-electron chi connectivity index (χ1n) is 5.11. The van der Waals surface area contributed by atoms with Crippen LogP contribution in [0, 0.1) is 0 Å². The summed E-state index contributed by atoms with van der Waals surface area (Å²) in [4.78, 5) is 23.1. The minimum atomic E-state index is -1.46. The number of benzene rings is 1. The quantitative estimate of drug-likeness (QED) is 0.714. The standard InChI is InChI=1S/C12H12O4/c1-3-12(15-8(2)13)11(14)9-6-4-5-7-10(9)16-12/h4-7H,3H2,1-2H3. The Hall–Kier alpha value is -1.84. The number of hydrogen-bond acceptors (Lipinski definition) is 4. The van der Waals surface area contributed by atoms with Gasteiger partial charge in [-0.15, -0.1) is 0 Å². The normalized spacial score (nSPS) is 22.5. The molecule has 1 aliphatic rings. The van der Waals surface area contributed by atoms with E-state index in [1.54, 1.807) is 31.2 Å². The number of ketones is 1. The molecule has 0 N–H and O–H groups in total. The molecule has 0 amide bonds. The molecule has 0 radical (unpaired) electrons. The summed E-state index contributed by atoms with van der Waals surface area (Å²) in [5, 5.41) is 0. The van der Waals surface area contributed by atoms with Gasteiger partial charge in [0.1, 0.15) is 5.75 Å². The first kappa shape index (κ1) is 10.7. The lowest BCUT2D eigenvalue weighted by Crippen LogP contribution is -2.43. The van der Waals surface area contributed by atoms with E-state index in [0.717, 1.165) is 0 Å². The average Bonchev–Trinajstić information content (AvgIpc) is 2.53. The van der Waals surface area contributed by atoms with Crippen molar-refractivity contribution in [2.24, 2.45) is 0 Å². The topological polar surface area (TPSA) is 52.6 Å². The number of para-hydroxylation sites is 1. The minimum Gasteiger partial charge on any atom is -0.444 e. The van der Waals surface area contributed by atoms with Crippen LogP contribution in [0.2, 0.25) is 0 Å². The smallest absolute Gasteiger partial charge is 0.318 e. The second-order valence-corrected chi connectivity index (χ2v) is 3.63. The number of fused-ring (bicyclic) bond motifs is 1. The molecule has 0 bridgehead atoms. The van der Waals surface area contributed by atoms with Gasteiger partial charge in [0.05, 0.1) is 5.56 Å². The zero-order valence-corrected chi connectivity index (χ0v) is 9.15. The van der Waals surface area contributed by atoms with Crippen molar-refractivity contribution in [1.82, 2.24) is 0 Å². The number of carbonyl (C=O) groups excluding carboxylic acids is 2. The van der Waals surface area contributed by atoms with Crippen molar-refractivity contribution >= 4 is 11.8 Å². The molecule has 0 saturated carbocycles. The van der Waals surface area contributed by atoms with E-state index < -0.39 is 11.8 Å². The van der Waals surface area contributed by atoms with E-state index in [1.807, 2.05) is 0 Å². The Bertz CT molecular complexity index is 452. The van der Waals surface area contributed by atoms with Crippen molar-refractivity contribution in [2.75, 3.05) is 0 Å². The van der Waals surface area contributed by atoms with E-state index >= 15 is 0 Å². The fraction of sp³-hybridized carbons (Fsp3) is 0.333. The Morgan fingerprint density at radius 2 is 2.12 bits per heavy atom. The van der Waals surface area contributed by atoms with Gasteiger partial charge in [-0.25, -0.2) is 0 Å². The highest BCUT2D eigenvalue weighted by Gasteiger charge is 2.49. The Morgan fingerprint density at radius 3 is 2.69 bits per heavy atom. The van der Waals surface area contributed by atoms with Crippen molar-refractivity contribution in [3.8, 4) is 5.75 Å². The van der Waals surface area contributed by atoms with Crippen LogP contribution >= 0.6 is 0 Å². The largest absolute Gasteiger partial charge is 0.444 e. The Balaban J connectivity index is 2.41. The fourth-order valence-electron chi connectivity index (χ4n) is 1.78. The number of Topliss-reactive ketones (excluding diaryl/α,β-unsaturated/α-hetero) is 1. The van der Waals surface area contributed by atoms with Crippen molar-refractivity contribution in [3.05, 3.63) is 29.8 Å². The maximum Gasteiger partial charge on any atom is 0.318 e. The molecule has 4 heteroatoms. The number of carbonyl (C=O) groups is 2. The van der Waals surface area contributed by atoms with E-state index in [0.29, 0.717) is 17.7 Å². The minimum absolute atomic E-state index is 0.291. The monoisotopic (exact) mass is 220 g/mol. The summed E-state index contributed by atoms with van der Waals surface area (Å²) in [5.41, 5.74) is 0.464. The predicted molar refractivity (Wildman–Crippen MR) is 56.2 cm³/mol. The van der Waals surface area contributed by atoms with Crippen LogP contribution in [-0.4, -0.2) is 17.5 Å². The molecule has 2 rings (SSSR count). The van der Waals surface area contributed by atoms with E-state index in [1.165, 1.54) is 6.92 Å². The molecule has 4 nitrogen and oxygen atoms in total. The van der Waals surface area contributed by atoms with Gasteiger partial charge in [-0.2, -0.15) is 0 Å². The molecule has 1 aliphatic heterocycles. The third-order valence-electron chi connectivity index (χ3n) is 2.53. The summed E-state index contributed by atoms with van der Waals surface area (Å²) in [7, 11) is 0. The predicted octanol–water partition coefficient (Wildman–Crippen LogP) is 1.93. The van der Waals surface area contributed by atoms with Crippen LogP contribution in [0.4, 0.5) is 0 Å². The molecule has 1 aromatic rings. The zero-order chi connectivity index (χ0) is 11.8. The number of esters is 1. The summed E-state index contributed by atoms with van der Waals surface area (Å²) in [6.07, 6.45) is 0.292. The van der Waals surface area contributed by atoms with Crippen molar-refractivity contribution < 1.29 is 19.1 Å². The molecule has 0 saturated heterocycles. The number of ether oxygens (including phenoxy) is 2. The van der Waals surface area contributed by atoms with Gasteiger partial charge >= 0.3 is 11.8 Å². The van der Waals surface area contributed by atoms with Gasteiger partial charge < -0.3 is 9.47 Å². The summed E-state index contributed by atoms with van der Waals surface area (Å²) in [6, 6.07) is 6.87. The molecule has 1 atom stereocenters. The summed E-state index contributed by atoms with van der Waals surface area (Å²) < 4.78 is 10.5. The van der Waals surface area contributed by atoms with Crippen LogP contribution in [0.15, 0.2) is 24.3 Å². The summed E-state index contributed by atoms with van der Waals surface area (Å²) in [6.45, 7) is 3.00.